The van der Waals surface area contributed by atoms with Crippen LogP contribution in [0.5, 0.6) is 0 Å². The molecule has 0 fully saturated rings. The largest absolute Gasteiger partial charge is 0.341 e. The molecular formula is C19H19ClN4O2S. The van der Waals surface area contributed by atoms with Gasteiger partial charge in [0, 0.05) is 12.1 Å². The van der Waals surface area contributed by atoms with Crippen molar-refractivity contribution in [1.29, 1.82) is 0 Å². The van der Waals surface area contributed by atoms with Crippen molar-refractivity contribution in [3.05, 3.63) is 59.1 Å². The fraction of sp³-hybridized carbons (Fsp3) is 0.211. The first-order chi connectivity index (χ1) is 13.0. The molecule has 1 heterocycles. The average molecular weight is 403 g/mol. The fourth-order valence-electron chi connectivity index (χ4n) is 2.58. The van der Waals surface area contributed by atoms with Crippen molar-refractivity contribution in [2.75, 3.05) is 7.05 Å². The Morgan fingerprint density at radius 2 is 1.96 bits per heavy atom. The molecule has 3 rings (SSSR count). The van der Waals surface area contributed by atoms with Crippen LogP contribution in [0.25, 0.3) is 11.0 Å². The number of benzene rings is 2. The molecule has 0 radical (unpaired) electrons. The minimum atomic E-state index is -0.531. The molecular weight excluding hydrogens is 384 g/mol. The molecule has 3 amide bonds. The van der Waals surface area contributed by atoms with Crippen LogP contribution < -0.4 is 10.6 Å². The lowest BCUT2D eigenvalue weighted by molar-refractivity contribution is -0.119. The van der Waals surface area contributed by atoms with E-state index >= 15 is 0 Å². The number of fused-ring (bicyclic) bond motifs is 1. The van der Waals surface area contributed by atoms with E-state index in [0.717, 1.165) is 16.6 Å². The average Bonchev–Trinajstić information content (AvgIpc) is 2.98. The monoisotopic (exact) mass is 402 g/mol. The molecule has 3 aromatic rings. The molecule has 0 spiro atoms. The van der Waals surface area contributed by atoms with Gasteiger partial charge in [-0.05, 0) is 30.7 Å². The lowest BCUT2D eigenvalue weighted by Crippen LogP contribution is -2.41. The van der Waals surface area contributed by atoms with E-state index < -0.39 is 11.3 Å². The number of halogens is 1. The van der Waals surface area contributed by atoms with Crippen LogP contribution in [-0.4, -0.2) is 33.8 Å². The van der Waals surface area contributed by atoms with Crippen LogP contribution in [0.3, 0.4) is 0 Å². The molecule has 0 saturated heterocycles. The van der Waals surface area contributed by atoms with Gasteiger partial charge >= 0.3 is 6.03 Å². The van der Waals surface area contributed by atoms with Crippen LogP contribution in [0.2, 0.25) is 5.02 Å². The maximum atomic E-state index is 12.2. The molecule has 0 aliphatic carbocycles. The molecule has 6 nitrogen and oxygen atoms in total. The molecule has 2 N–H and O–H groups in total. The topological polar surface area (TPSA) is 76.0 Å². The normalized spacial score (nSPS) is 12.0. The highest BCUT2D eigenvalue weighted by Gasteiger charge is 2.21. The summed E-state index contributed by atoms with van der Waals surface area (Å²) in [5, 5.41) is 5.46. The Labute approximate surface area is 166 Å². The third-order valence-corrected chi connectivity index (χ3v) is 5.30. The van der Waals surface area contributed by atoms with Crippen LogP contribution >= 0.6 is 23.4 Å². The molecule has 27 heavy (non-hydrogen) atoms. The Bertz CT molecular complexity index is 975. The van der Waals surface area contributed by atoms with Crippen LogP contribution in [0.1, 0.15) is 12.5 Å². The van der Waals surface area contributed by atoms with Crippen molar-refractivity contribution in [2.24, 2.45) is 0 Å². The highest BCUT2D eigenvalue weighted by Crippen LogP contribution is 2.29. The number of urea groups is 1. The summed E-state index contributed by atoms with van der Waals surface area (Å²) < 4.78 is 2.05. The maximum Gasteiger partial charge on any atom is 0.321 e. The number of amides is 3. The molecule has 140 valence electrons. The van der Waals surface area contributed by atoms with Crippen LogP contribution in [0.4, 0.5) is 4.79 Å². The number of nitrogens with one attached hydrogen (secondary N) is 2. The molecule has 0 aliphatic heterocycles. The van der Waals surface area contributed by atoms with Gasteiger partial charge in [-0.15, -0.1) is 0 Å². The van der Waals surface area contributed by atoms with Gasteiger partial charge in [0.15, 0.2) is 5.16 Å². The minimum absolute atomic E-state index is 0.379. The van der Waals surface area contributed by atoms with Crippen molar-refractivity contribution < 1.29 is 9.59 Å². The summed E-state index contributed by atoms with van der Waals surface area (Å²) in [6.07, 6.45) is 0. The molecule has 1 aromatic heterocycles. The summed E-state index contributed by atoms with van der Waals surface area (Å²) in [5.41, 5.74) is 2.82. The summed E-state index contributed by atoms with van der Waals surface area (Å²) in [6, 6.07) is 15.0. The van der Waals surface area contributed by atoms with E-state index in [-0.39, 0.29) is 5.91 Å². The standard InChI is InChI=1S/C19H19ClN4O2S/c1-12(17(25)23-18(26)21-2)27-19-22-15-10-14(20)8-9-16(15)24(19)11-13-6-4-3-5-7-13/h3-10,12H,11H2,1-2H3,(H2,21,23,25,26)/t12-/m1/s1. The Hall–Kier alpha value is -2.51. The third kappa shape index (κ3) is 4.61. The van der Waals surface area contributed by atoms with E-state index in [1.165, 1.54) is 18.8 Å². The van der Waals surface area contributed by atoms with Gasteiger partial charge in [-0.2, -0.15) is 0 Å². The summed E-state index contributed by atoms with van der Waals surface area (Å²) in [7, 11) is 1.46. The second-order valence-electron chi connectivity index (χ2n) is 5.93. The number of carbonyl (C=O) groups is 2. The van der Waals surface area contributed by atoms with Crippen LogP contribution in [0, 0.1) is 0 Å². The number of rotatable bonds is 5. The predicted molar refractivity (Wildman–Crippen MR) is 108 cm³/mol. The molecule has 1 atom stereocenters. The van der Waals surface area contributed by atoms with Gasteiger partial charge in [-0.25, -0.2) is 9.78 Å². The fourth-order valence-corrected chi connectivity index (χ4v) is 3.67. The second kappa shape index (κ2) is 8.45. The Morgan fingerprint density at radius 1 is 1.22 bits per heavy atom. The molecule has 0 unspecified atom stereocenters. The van der Waals surface area contributed by atoms with Gasteiger partial charge in [-0.1, -0.05) is 53.7 Å². The Morgan fingerprint density at radius 3 is 2.67 bits per heavy atom. The zero-order chi connectivity index (χ0) is 19.4. The molecule has 0 aliphatic rings. The SMILES string of the molecule is CNC(=O)NC(=O)[C@@H](C)Sc1nc2cc(Cl)ccc2n1Cc1ccccc1. The number of hydrogen-bond donors (Lipinski definition) is 2. The van der Waals surface area contributed by atoms with E-state index in [0.29, 0.717) is 16.7 Å². The smallest absolute Gasteiger partial charge is 0.321 e. The van der Waals surface area contributed by atoms with Gasteiger partial charge in [0.2, 0.25) is 5.91 Å². The number of hydrogen-bond acceptors (Lipinski definition) is 4. The van der Waals surface area contributed by atoms with Crippen molar-refractivity contribution in [2.45, 2.75) is 23.9 Å². The van der Waals surface area contributed by atoms with E-state index in [1.54, 1.807) is 13.0 Å². The molecule has 0 bridgehead atoms. The first kappa shape index (κ1) is 19.3. The van der Waals surface area contributed by atoms with Crippen molar-refractivity contribution >= 4 is 46.3 Å². The number of carbonyl (C=O) groups excluding carboxylic acids is 2. The lowest BCUT2D eigenvalue weighted by atomic mass is 10.2. The van der Waals surface area contributed by atoms with Crippen molar-refractivity contribution in [1.82, 2.24) is 20.2 Å². The zero-order valence-electron chi connectivity index (χ0n) is 14.9. The number of nitrogens with zero attached hydrogens (tertiary/aromatic N) is 2. The summed E-state index contributed by atoms with van der Waals surface area (Å²) >= 11 is 7.40. The number of aromatic nitrogens is 2. The van der Waals surface area contributed by atoms with Gasteiger partial charge < -0.3 is 9.88 Å². The molecule has 8 heteroatoms. The van der Waals surface area contributed by atoms with Crippen LogP contribution in [-0.2, 0) is 11.3 Å². The minimum Gasteiger partial charge on any atom is -0.341 e. The van der Waals surface area contributed by atoms with E-state index in [2.05, 4.69) is 20.2 Å². The van der Waals surface area contributed by atoms with Crippen LogP contribution in [0.15, 0.2) is 53.7 Å². The maximum absolute atomic E-state index is 12.2. The van der Waals surface area contributed by atoms with E-state index in [4.69, 9.17) is 11.6 Å². The Kier molecular flexibility index (Phi) is 6.03. The lowest BCUT2D eigenvalue weighted by Gasteiger charge is -2.13. The quantitative estimate of drug-likeness (QED) is 0.638. The van der Waals surface area contributed by atoms with Gasteiger partial charge in [0.1, 0.15) is 0 Å². The van der Waals surface area contributed by atoms with E-state index in [9.17, 15) is 9.59 Å². The van der Waals surface area contributed by atoms with Gasteiger partial charge in [0.25, 0.3) is 0 Å². The predicted octanol–water partition coefficient (Wildman–Crippen LogP) is 3.67. The number of imidazole rings is 1. The Balaban J connectivity index is 1.92. The third-order valence-electron chi connectivity index (χ3n) is 3.97. The highest BCUT2D eigenvalue weighted by atomic mass is 35.5. The van der Waals surface area contributed by atoms with Gasteiger partial charge in [-0.3, -0.25) is 10.1 Å². The number of thioether (sulfide) groups is 1. The van der Waals surface area contributed by atoms with E-state index in [1.807, 2.05) is 42.5 Å². The molecule has 2 aromatic carbocycles. The summed E-state index contributed by atoms with van der Waals surface area (Å²) in [5.74, 6) is -0.379. The zero-order valence-corrected chi connectivity index (χ0v) is 16.5. The summed E-state index contributed by atoms with van der Waals surface area (Å²) in [4.78, 5) is 28.2. The number of imide groups is 1. The highest BCUT2D eigenvalue weighted by molar-refractivity contribution is 8.00. The summed E-state index contributed by atoms with van der Waals surface area (Å²) in [6.45, 7) is 2.35. The first-order valence-corrected chi connectivity index (χ1v) is 9.62. The first-order valence-electron chi connectivity index (χ1n) is 8.37. The molecule has 0 saturated carbocycles. The van der Waals surface area contributed by atoms with Gasteiger partial charge in [0.05, 0.1) is 22.8 Å². The van der Waals surface area contributed by atoms with Crippen molar-refractivity contribution in [3.8, 4) is 0 Å². The second-order valence-corrected chi connectivity index (χ2v) is 7.67. The van der Waals surface area contributed by atoms with Crippen molar-refractivity contribution in [3.63, 3.8) is 0 Å².